The van der Waals surface area contributed by atoms with Gasteiger partial charge in [0.2, 0.25) is 0 Å². The second kappa shape index (κ2) is 7.96. The van der Waals surface area contributed by atoms with Gasteiger partial charge in [-0.3, -0.25) is 0 Å². The average molecular weight is 438 g/mol. The van der Waals surface area contributed by atoms with E-state index in [1.807, 2.05) is 0 Å². The molecule has 4 aliphatic carbocycles. The van der Waals surface area contributed by atoms with Gasteiger partial charge < -0.3 is 0 Å². The monoisotopic (exact) mass is 436 g/mol. The Bertz CT molecular complexity index is 514. The number of hydrogen-bond acceptors (Lipinski definition) is 0. The third-order valence-electron chi connectivity index (χ3n) is 10.7. The lowest BCUT2D eigenvalue weighted by Crippen LogP contribution is -2.56. The van der Waals surface area contributed by atoms with Crippen molar-refractivity contribution in [2.24, 2.45) is 52.3 Å². The molecule has 0 aromatic carbocycles. The van der Waals surface area contributed by atoms with Crippen LogP contribution in [-0.2, 0) is 0 Å². The van der Waals surface area contributed by atoms with Gasteiger partial charge in [-0.25, -0.2) is 0 Å². The first-order valence-corrected chi connectivity index (χ1v) is 13.6. The summed E-state index contributed by atoms with van der Waals surface area (Å²) in [6.45, 7) is 10.4. The minimum absolute atomic E-state index is 0.634. The van der Waals surface area contributed by atoms with Crippen molar-refractivity contribution in [3.63, 3.8) is 0 Å². The molecule has 0 saturated heterocycles. The standard InChI is InChI=1S/C26H45Br/c1-5-7-19-12-14-25(3)20(16-19)10-11-21-23-9-6-8-22(18(2)17-27)26(23,4)15-13-24(21)25/h18-24H,5-17H2,1-4H3/t18-,19-,20?,21-,22+,23?,24?,25-,26+/m0/s1. The molecule has 156 valence electrons. The fourth-order valence-electron chi connectivity index (χ4n) is 9.30. The van der Waals surface area contributed by atoms with Crippen molar-refractivity contribution in [1.82, 2.24) is 0 Å². The first-order valence-electron chi connectivity index (χ1n) is 12.5. The highest BCUT2D eigenvalue weighted by Gasteiger charge is 2.59. The van der Waals surface area contributed by atoms with Crippen molar-refractivity contribution in [3.8, 4) is 0 Å². The van der Waals surface area contributed by atoms with Crippen molar-refractivity contribution in [2.45, 2.75) is 105 Å². The maximum absolute atomic E-state index is 3.83. The van der Waals surface area contributed by atoms with E-state index in [0.717, 1.165) is 41.4 Å². The summed E-state index contributed by atoms with van der Waals surface area (Å²) in [5, 5.41) is 1.20. The molecule has 3 unspecified atom stereocenters. The van der Waals surface area contributed by atoms with Crippen LogP contribution in [0.2, 0.25) is 0 Å². The summed E-state index contributed by atoms with van der Waals surface area (Å²) in [7, 11) is 0. The van der Waals surface area contributed by atoms with E-state index in [1.165, 1.54) is 43.9 Å². The Morgan fingerprint density at radius 3 is 2.41 bits per heavy atom. The Hall–Kier alpha value is 0.480. The van der Waals surface area contributed by atoms with Crippen LogP contribution < -0.4 is 0 Å². The van der Waals surface area contributed by atoms with Gasteiger partial charge >= 0.3 is 0 Å². The lowest BCUT2D eigenvalue weighted by molar-refractivity contribution is -0.151. The van der Waals surface area contributed by atoms with Crippen LogP contribution in [-0.4, -0.2) is 5.33 Å². The third-order valence-corrected chi connectivity index (χ3v) is 11.7. The first-order chi connectivity index (χ1) is 12.9. The molecule has 4 fully saturated rings. The van der Waals surface area contributed by atoms with E-state index in [-0.39, 0.29) is 0 Å². The van der Waals surface area contributed by atoms with Gasteiger partial charge in [-0.15, -0.1) is 0 Å². The van der Waals surface area contributed by atoms with E-state index < -0.39 is 0 Å². The minimum atomic E-state index is 0.634. The molecule has 0 spiro atoms. The van der Waals surface area contributed by atoms with Gasteiger partial charge in [0.05, 0.1) is 0 Å². The van der Waals surface area contributed by atoms with Crippen LogP contribution in [0.15, 0.2) is 0 Å². The second-order valence-electron chi connectivity index (χ2n) is 11.8. The fraction of sp³-hybridized carbons (Fsp3) is 1.00. The van der Waals surface area contributed by atoms with Crippen LogP contribution in [0.25, 0.3) is 0 Å². The molecule has 0 amide bonds. The fourth-order valence-corrected chi connectivity index (χ4v) is 9.75. The van der Waals surface area contributed by atoms with Gasteiger partial charge in [-0.2, -0.15) is 0 Å². The van der Waals surface area contributed by atoms with E-state index in [2.05, 4.69) is 43.6 Å². The predicted octanol–water partition coefficient (Wildman–Crippen LogP) is 8.48. The molecule has 0 nitrogen and oxygen atoms in total. The number of rotatable bonds is 4. The molecule has 27 heavy (non-hydrogen) atoms. The maximum atomic E-state index is 3.83. The predicted molar refractivity (Wildman–Crippen MR) is 121 cm³/mol. The molecule has 0 radical (unpaired) electrons. The average Bonchev–Trinajstić information content (AvgIpc) is 2.66. The van der Waals surface area contributed by atoms with Crippen LogP contribution in [0.1, 0.15) is 105 Å². The summed E-state index contributed by atoms with van der Waals surface area (Å²) < 4.78 is 0. The third kappa shape index (κ3) is 3.38. The molecule has 4 aliphatic rings. The molecule has 0 bridgehead atoms. The van der Waals surface area contributed by atoms with Crippen LogP contribution in [0, 0.1) is 52.3 Å². The Morgan fingerprint density at radius 2 is 1.67 bits per heavy atom. The smallest absolute Gasteiger partial charge is 0.00598 e. The van der Waals surface area contributed by atoms with Crippen molar-refractivity contribution in [1.29, 1.82) is 0 Å². The summed E-state index contributed by atoms with van der Waals surface area (Å²) >= 11 is 3.83. The number of alkyl halides is 1. The summed E-state index contributed by atoms with van der Waals surface area (Å²) in [5.74, 6) is 7.05. The maximum Gasteiger partial charge on any atom is 0.00598 e. The molecule has 0 heterocycles. The van der Waals surface area contributed by atoms with Crippen LogP contribution in [0.4, 0.5) is 0 Å². The second-order valence-corrected chi connectivity index (χ2v) is 12.4. The Kier molecular flexibility index (Phi) is 6.11. The van der Waals surface area contributed by atoms with Crippen LogP contribution >= 0.6 is 15.9 Å². The molecule has 4 saturated carbocycles. The van der Waals surface area contributed by atoms with Gasteiger partial charge in [0, 0.05) is 5.33 Å². The molecule has 0 aromatic heterocycles. The zero-order valence-electron chi connectivity index (χ0n) is 18.6. The molecular weight excluding hydrogens is 392 g/mol. The molecule has 0 N–H and O–H groups in total. The number of hydrogen-bond donors (Lipinski definition) is 0. The summed E-state index contributed by atoms with van der Waals surface area (Å²) in [4.78, 5) is 0. The normalized spacial score (nSPS) is 51.0. The highest BCUT2D eigenvalue weighted by Crippen LogP contribution is 2.67. The lowest BCUT2D eigenvalue weighted by Gasteiger charge is -2.64. The highest BCUT2D eigenvalue weighted by atomic mass is 79.9. The summed E-state index contributed by atoms with van der Waals surface area (Å²) in [6, 6.07) is 0. The molecule has 9 atom stereocenters. The summed E-state index contributed by atoms with van der Waals surface area (Å²) in [6.07, 6.45) is 18.3. The lowest BCUT2D eigenvalue weighted by atomic mass is 9.41. The molecule has 0 aromatic rings. The largest absolute Gasteiger partial charge is 0.0925 e. The van der Waals surface area contributed by atoms with E-state index in [1.54, 1.807) is 38.5 Å². The zero-order chi connectivity index (χ0) is 19.2. The molecular formula is C26H45Br. The number of halogens is 1. The number of fused-ring (bicyclic) bond motifs is 5. The molecule has 4 rings (SSSR count). The quantitative estimate of drug-likeness (QED) is 0.387. The SMILES string of the molecule is CCC[C@H]1CC[C@@]2(C)C(CC[C@@H]3C2CC[C@@]2(C)C3CCC[C@@H]2[C@@H](C)CBr)C1. The molecule has 1 heteroatoms. The zero-order valence-corrected chi connectivity index (χ0v) is 20.2. The Labute approximate surface area is 178 Å². The minimum Gasteiger partial charge on any atom is -0.0925 e. The van der Waals surface area contributed by atoms with E-state index in [9.17, 15) is 0 Å². The van der Waals surface area contributed by atoms with Crippen molar-refractivity contribution < 1.29 is 0 Å². The van der Waals surface area contributed by atoms with Gasteiger partial charge in [0.25, 0.3) is 0 Å². The Balaban J connectivity index is 1.55. The first kappa shape index (κ1) is 20.7. The Morgan fingerprint density at radius 1 is 0.926 bits per heavy atom. The van der Waals surface area contributed by atoms with Gasteiger partial charge in [0.1, 0.15) is 0 Å². The van der Waals surface area contributed by atoms with Gasteiger partial charge in [0.15, 0.2) is 0 Å². The van der Waals surface area contributed by atoms with Crippen molar-refractivity contribution in [2.75, 3.05) is 5.33 Å². The van der Waals surface area contributed by atoms with E-state index >= 15 is 0 Å². The molecule has 0 aliphatic heterocycles. The van der Waals surface area contributed by atoms with E-state index in [4.69, 9.17) is 0 Å². The van der Waals surface area contributed by atoms with Crippen molar-refractivity contribution >= 4 is 15.9 Å². The topological polar surface area (TPSA) is 0 Å². The van der Waals surface area contributed by atoms with Crippen LogP contribution in [0.5, 0.6) is 0 Å². The van der Waals surface area contributed by atoms with Crippen LogP contribution in [0.3, 0.4) is 0 Å². The van der Waals surface area contributed by atoms with Gasteiger partial charge in [-0.05, 0) is 110 Å². The summed E-state index contributed by atoms with van der Waals surface area (Å²) in [5.41, 5.74) is 1.32. The highest BCUT2D eigenvalue weighted by molar-refractivity contribution is 9.09. The van der Waals surface area contributed by atoms with Crippen molar-refractivity contribution in [3.05, 3.63) is 0 Å². The van der Waals surface area contributed by atoms with E-state index in [0.29, 0.717) is 10.8 Å². The van der Waals surface area contributed by atoms with Gasteiger partial charge in [-0.1, -0.05) is 62.9 Å².